The number of hydrogen-bond acceptors (Lipinski definition) is 2. The van der Waals surface area contributed by atoms with Crippen molar-refractivity contribution in [2.45, 2.75) is 6.18 Å². The standard InChI is InChI=1S/C14H10F4N2/c15-12-7-3-1-5-10(12)9-19-20-13-8-4-2-6-11(13)14(16,17)18/h1-9,20H. The molecular weight excluding hydrogens is 272 g/mol. The first-order valence-corrected chi connectivity index (χ1v) is 5.68. The molecule has 2 nitrogen and oxygen atoms in total. The molecule has 0 atom stereocenters. The van der Waals surface area contributed by atoms with E-state index in [9.17, 15) is 17.6 Å². The molecule has 0 aliphatic heterocycles. The summed E-state index contributed by atoms with van der Waals surface area (Å²) in [5, 5.41) is 3.63. The second-order valence-corrected chi connectivity index (χ2v) is 3.93. The Morgan fingerprint density at radius 3 is 2.30 bits per heavy atom. The summed E-state index contributed by atoms with van der Waals surface area (Å²) in [4.78, 5) is 0. The van der Waals surface area contributed by atoms with E-state index < -0.39 is 17.6 Å². The number of para-hydroxylation sites is 1. The van der Waals surface area contributed by atoms with E-state index in [4.69, 9.17) is 0 Å². The van der Waals surface area contributed by atoms with Gasteiger partial charge >= 0.3 is 6.18 Å². The highest BCUT2D eigenvalue weighted by Gasteiger charge is 2.33. The molecule has 20 heavy (non-hydrogen) atoms. The maximum absolute atomic E-state index is 13.3. The molecule has 0 aliphatic carbocycles. The Morgan fingerprint density at radius 1 is 0.950 bits per heavy atom. The van der Waals surface area contributed by atoms with E-state index in [0.29, 0.717) is 0 Å². The highest BCUT2D eigenvalue weighted by atomic mass is 19.4. The zero-order chi connectivity index (χ0) is 14.6. The molecule has 2 aromatic rings. The molecule has 0 fully saturated rings. The third kappa shape index (κ3) is 3.34. The van der Waals surface area contributed by atoms with E-state index >= 15 is 0 Å². The van der Waals surface area contributed by atoms with Gasteiger partial charge in [-0.1, -0.05) is 30.3 Å². The third-order valence-electron chi connectivity index (χ3n) is 2.53. The molecule has 0 unspecified atom stereocenters. The summed E-state index contributed by atoms with van der Waals surface area (Å²) in [6.45, 7) is 0. The first-order valence-electron chi connectivity index (χ1n) is 5.68. The lowest BCUT2D eigenvalue weighted by Gasteiger charge is -2.11. The lowest BCUT2D eigenvalue weighted by Crippen LogP contribution is -2.08. The number of anilines is 1. The fourth-order valence-electron chi connectivity index (χ4n) is 1.58. The zero-order valence-electron chi connectivity index (χ0n) is 10.2. The van der Waals surface area contributed by atoms with E-state index in [-0.39, 0.29) is 11.3 Å². The van der Waals surface area contributed by atoms with Gasteiger partial charge in [0.1, 0.15) is 5.82 Å². The van der Waals surface area contributed by atoms with Crippen LogP contribution in [0, 0.1) is 5.82 Å². The highest BCUT2D eigenvalue weighted by Crippen LogP contribution is 2.34. The average Bonchev–Trinajstić information content (AvgIpc) is 2.40. The van der Waals surface area contributed by atoms with Crippen molar-refractivity contribution in [3.8, 4) is 0 Å². The quantitative estimate of drug-likeness (QED) is 0.507. The van der Waals surface area contributed by atoms with Crippen molar-refractivity contribution in [1.29, 1.82) is 0 Å². The molecule has 0 aliphatic rings. The van der Waals surface area contributed by atoms with Crippen LogP contribution in [0.1, 0.15) is 11.1 Å². The van der Waals surface area contributed by atoms with Gasteiger partial charge in [0.2, 0.25) is 0 Å². The molecule has 0 heterocycles. The smallest absolute Gasteiger partial charge is 0.278 e. The lowest BCUT2D eigenvalue weighted by molar-refractivity contribution is -0.136. The maximum atomic E-state index is 13.3. The van der Waals surface area contributed by atoms with Crippen molar-refractivity contribution in [1.82, 2.24) is 0 Å². The van der Waals surface area contributed by atoms with Crippen LogP contribution in [0.3, 0.4) is 0 Å². The van der Waals surface area contributed by atoms with Crippen LogP contribution in [0.5, 0.6) is 0 Å². The topological polar surface area (TPSA) is 24.4 Å². The van der Waals surface area contributed by atoms with E-state index in [1.807, 2.05) is 0 Å². The second kappa shape index (κ2) is 5.73. The fraction of sp³-hybridized carbons (Fsp3) is 0.0714. The van der Waals surface area contributed by atoms with Crippen LogP contribution in [-0.4, -0.2) is 6.21 Å². The van der Waals surface area contributed by atoms with Gasteiger partial charge in [-0.15, -0.1) is 0 Å². The number of alkyl halides is 3. The van der Waals surface area contributed by atoms with Crippen LogP contribution in [0.25, 0.3) is 0 Å². The molecule has 0 spiro atoms. The minimum absolute atomic E-state index is 0.185. The summed E-state index contributed by atoms with van der Waals surface area (Å²) in [6, 6.07) is 10.8. The molecule has 1 N–H and O–H groups in total. The van der Waals surface area contributed by atoms with Crippen LogP contribution in [-0.2, 0) is 6.18 Å². The number of rotatable bonds is 3. The van der Waals surface area contributed by atoms with Crippen molar-refractivity contribution in [3.05, 3.63) is 65.5 Å². The number of hydrogen-bond donors (Lipinski definition) is 1. The van der Waals surface area contributed by atoms with E-state index in [1.54, 1.807) is 6.07 Å². The van der Waals surface area contributed by atoms with Gasteiger partial charge in [0.05, 0.1) is 17.5 Å². The summed E-state index contributed by atoms with van der Waals surface area (Å²) < 4.78 is 51.4. The molecule has 0 saturated carbocycles. The minimum Gasteiger partial charge on any atom is -0.278 e. The Morgan fingerprint density at radius 2 is 1.60 bits per heavy atom. The fourth-order valence-corrected chi connectivity index (χ4v) is 1.58. The SMILES string of the molecule is Fc1ccccc1C=NNc1ccccc1C(F)(F)F. The van der Waals surface area contributed by atoms with E-state index in [1.165, 1.54) is 36.4 Å². The predicted molar refractivity (Wildman–Crippen MR) is 69.1 cm³/mol. The number of nitrogens with one attached hydrogen (secondary N) is 1. The lowest BCUT2D eigenvalue weighted by atomic mass is 10.2. The summed E-state index contributed by atoms with van der Waals surface area (Å²) >= 11 is 0. The highest BCUT2D eigenvalue weighted by molar-refractivity contribution is 5.80. The molecule has 2 rings (SSSR count). The van der Waals surface area contributed by atoms with Crippen molar-refractivity contribution >= 4 is 11.9 Å². The van der Waals surface area contributed by atoms with Crippen LogP contribution < -0.4 is 5.43 Å². The van der Waals surface area contributed by atoms with Crippen molar-refractivity contribution < 1.29 is 17.6 Å². The number of nitrogens with zero attached hydrogens (tertiary/aromatic N) is 1. The Labute approximate surface area is 112 Å². The van der Waals surface area contributed by atoms with Gasteiger partial charge in [-0.25, -0.2) is 4.39 Å². The average molecular weight is 282 g/mol. The molecule has 2 aromatic carbocycles. The van der Waals surface area contributed by atoms with Gasteiger partial charge in [-0.05, 0) is 18.2 Å². The monoisotopic (exact) mass is 282 g/mol. The zero-order valence-corrected chi connectivity index (χ0v) is 10.2. The molecule has 0 radical (unpaired) electrons. The van der Waals surface area contributed by atoms with E-state index in [0.717, 1.165) is 12.3 Å². The van der Waals surface area contributed by atoms with Crippen LogP contribution in [0.4, 0.5) is 23.2 Å². The maximum Gasteiger partial charge on any atom is 0.418 e. The largest absolute Gasteiger partial charge is 0.418 e. The first kappa shape index (κ1) is 14.0. The summed E-state index contributed by atoms with van der Waals surface area (Å²) in [7, 11) is 0. The summed E-state index contributed by atoms with van der Waals surface area (Å²) in [6.07, 6.45) is -3.35. The number of hydrazone groups is 1. The van der Waals surface area contributed by atoms with Crippen LogP contribution >= 0.6 is 0 Å². The summed E-state index contributed by atoms with van der Waals surface area (Å²) in [5.41, 5.74) is 1.45. The minimum atomic E-state index is -4.48. The third-order valence-corrected chi connectivity index (χ3v) is 2.53. The molecule has 0 aromatic heterocycles. The molecule has 0 amide bonds. The number of benzene rings is 2. The predicted octanol–water partition coefficient (Wildman–Crippen LogP) is 4.29. The molecule has 6 heteroatoms. The molecule has 0 bridgehead atoms. The van der Waals surface area contributed by atoms with Gasteiger partial charge < -0.3 is 0 Å². The van der Waals surface area contributed by atoms with Gasteiger partial charge in [-0.2, -0.15) is 18.3 Å². The van der Waals surface area contributed by atoms with E-state index in [2.05, 4.69) is 10.5 Å². The van der Waals surface area contributed by atoms with Crippen LogP contribution in [0.2, 0.25) is 0 Å². The van der Waals surface area contributed by atoms with Crippen LogP contribution in [0.15, 0.2) is 53.6 Å². The van der Waals surface area contributed by atoms with Crippen molar-refractivity contribution in [2.75, 3.05) is 5.43 Å². The van der Waals surface area contributed by atoms with Crippen molar-refractivity contribution in [2.24, 2.45) is 5.10 Å². The Bertz CT molecular complexity index is 621. The Hall–Kier alpha value is -2.37. The number of halogens is 4. The summed E-state index contributed by atoms with van der Waals surface area (Å²) in [5.74, 6) is -0.498. The Balaban J connectivity index is 2.18. The molecule has 0 saturated heterocycles. The van der Waals surface area contributed by atoms with Crippen molar-refractivity contribution in [3.63, 3.8) is 0 Å². The Kier molecular flexibility index (Phi) is 4.02. The van der Waals surface area contributed by atoms with Gasteiger partial charge in [-0.3, -0.25) is 5.43 Å². The second-order valence-electron chi connectivity index (χ2n) is 3.93. The normalized spacial score (nSPS) is 11.8. The van der Waals surface area contributed by atoms with Gasteiger partial charge in [0.25, 0.3) is 0 Å². The first-order chi connectivity index (χ1) is 9.48. The molecular formula is C14H10F4N2. The van der Waals surface area contributed by atoms with Gasteiger partial charge in [0.15, 0.2) is 0 Å². The van der Waals surface area contributed by atoms with Gasteiger partial charge in [0, 0.05) is 5.56 Å². The molecule has 104 valence electrons.